The smallest absolute Gasteiger partial charge is 0.354 e. The molecule has 0 spiro atoms. The molecule has 1 aromatic heterocycles. The summed E-state index contributed by atoms with van der Waals surface area (Å²) in [5, 5.41) is 27.9. The zero-order chi connectivity index (χ0) is 12.1. The van der Waals surface area contributed by atoms with Gasteiger partial charge in [-0.3, -0.25) is 0 Å². The largest absolute Gasteiger partial charge is 0.477 e. The lowest BCUT2D eigenvalue weighted by Gasteiger charge is -2.16. The van der Waals surface area contributed by atoms with Gasteiger partial charge in [-0.25, -0.2) is 9.78 Å². The Morgan fingerprint density at radius 1 is 1.44 bits per heavy atom. The number of rotatable bonds is 5. The van der Waals surface area contributed by atoms with Gasteiger partial charge in [-0.15, -0.1) is 0 Å². The van der Waals surface area contributed by atoms with Crippen molar-refractivity contribution < 1.29 is 20.1 Å². The number of aromatic carboxylic acids is 1. The molecule has 0 aliphatic heterocycles. The molecule has 88 valence electrons. The molecule has 0 saturated carbocycles. The number of aliphatic hydroxyl groups is 2. The molecule has 0 aliphatic rings. The first kappa shape index (κ1) is 13.0. The lowest BCUT2D eigenvalue weighted by atomic mass is 10.1. The number of hydrogen-bond donors (Lipinski definition) is 4. The highest BCUT2D eigenvalue weighted by molar-refractivity contribution is 7.80. The fourth-order valence-electron chi connectivity index (χ4n) is 1.22. The lowest BCUT2D eigenvalue weighted by molar-refractivity contribution is 0.0145. The van der Waals surface area contributed by atoms with E-state index in [0.717, 1.165) is 0 Å². The standard InChI is InChI=1S/C10H13NO4S/c12-8(4-5-16)9(13)6-2-1-3-7(11-6)10(14)15/h1-3,8-9,12-13,16H,4-5H2,(H,14,15). The van der Waals surface area contributed by atoms with Gasteiger partial charge in [0.25, 0.3) is 0 Å². The van der Waals surface area contributed by atoms with Crippen molar-refractivity contribution in [3.63, 3.8) is 0 Å². The first-order valence-electron chi connectivity index (χ1n) is 4.73. The summed E-state index contributed by atoms with van der Waals surface area (Å²) in [7, 11) is 0. The second-order valence-corrected chi connectivity index (χ2v) is 3.72. The van der Waals surface area contributed by atoms with E-state index >= 15 is 0 Å². The Morgan fingerprint density at radius 2 is 2.12 bits per heavy atom. The number of aromatic nitrogens is 1. The second-order valence-electron chi connectivity index (χ2n) is 3.28. The van der Waals surface area contributed by atoms with E-state index in [2.05, 4.69) is 17.6 Å². The summed E-state index contributed by atoms with van der Waals surface area (Å²) in [5.41, 5.74) is -0.0104. The third kappa shape index (κ3) is 3.19. The molecular weight excluding hydrogens is 230 g/mol. The van der Waals surface area contributed by atoms with Crippen molar-refractivity contribution in [2.45, 2.75) is 18.6 Å². The fraction of sp³-hybridized carbons (Fsp3) is 0.400. The molecular formula is C10H13NO4S. The summed E-state index contributed by atoms with van der Waals surface area (Å²) in [4.78, 5) is 14.4. The van der Waals surface area contributed by atoms with Crippen LogP contribution in [-0.2, 0) is 0 Å². The zero-order valence-corrected chi connectivity index (χ0v) is 9.34. The third-order valence-electron chi connectivity index (χ3n) is 2.08. The molecule has 3 N–H and O–H groups in total. The molecule has 0 bridgehead atoms. The monoisotopic (exact) mass is 243 g/mol. The molecule has 0 fully saturated rings. The van der Waals surface area contributed by atoms with Crippen molar-refractivity contribution >= 4 is 18.6 Å². The minimum absolute atomic E-state index is 0.147. The quantitative estimate of drug-likeness (QED) is 0.565. The van der Waals surface area contributed by atoms with E-state index < -0.39 is 18.2 Å². The van der Waals surface area contributed by atoms with E-state index in [1.54, 1.807) is 0 Å². The second kappa shape index (κ2) is 5.83. The van der Waals surface area contributed by atoms with E-state index in [1.807, 2.05) is 0 Å². The molecule has 1 aromatic rings. The predicted molar refractivity (Wildman–Crippen MR) is 60.6 cm³/mol. The number of hydrogen-bond acceptors (Lipinski definition) is 5. The van der Waals surface area contributed by atoms with E-state index in [1.165, 1.54) is 18.2 Å². The summed E-state index contributed by atoms with van der Waals surface area (Å²) in [5.74, 6) is -0.741. The molecule has 5 nitrogen and oxygen atoms in total. The van der Waals surface area contributed by atoms with Crippen LogP contribution in [-0.4, -0.2) is 38.1 Å². The highest BCUT2D eigenvalue weighted by atomic mass is 32.1. The van der Waals surface area contributed by atoms with Gasteiger partial charge in [-0.1, -0.05) is 6.07 Å². The van der Waals surface area contributed by atoms with Crippen LogP contribution in [0.3, 0.4) is 0 Å². The van der Waals surface area contributed by atoms with Crippen LogP contribution in [0.5, 0.6) is 0 Å². The van der Waals surface area contributed by atoms with Gasteiger partial charge < -0.3 is 15.3 Å². The van der Waals surface area contributed by atoms with E-state index in [-0.39, 0.29) is 11.4 Å². The Balaban J connectivity index is 2.86. The van der Waals surface area contributed by atoms with Gasteiger partial charge in [0.2, 0.25) is 0 Å². The maximum Gasteiger partial charge on any atom is 0.354 e. The Labute approximate surface area is 98.2 Å². The topological polar surface area (TPSA) is 90.7 Å². The van der Waals surface area contributed by atoms with Crippen molar-refractivity contribution in [3.05, 3.63) is 29.6 Å². The van der Waals surface area contributed by atoms with Gasteiger partial charge in [0.05, 0.1) is 11.8 Å². The van der Waals surface area contributed by atoms with Crippen LogP contribution in [0.2, 0.25) is 0 Å². The Bertz CT molecular complexity index is 372. The van der Waals surface area contributed by atoms with E-state index in [4.69, 9.17) is 5.11 Å². The van der Waals surface area contributed by atoms with E-state index in [0.29, 0.717) is 12.2 Å². The molecule has 0 aliphatic carbocycles. The molecule has 2 unspecified atom stereocenters. The van der Waals surface area contributed by atoms with Crippen LogP contribution in [0.25, 0.3) is 0 Å². The number of thiol groups is 1. The highest BCUT2D eigenvalue weighted by Gasteiger charge is 2.19. The normalized spacial score (nSPS) is 14.4. The minimum Gasteiger partial charge on any atom is -0.477 e. The fourth-order valence-corrected chi connectivity index (χ4v) is 1.49. The predicted octanol–water partition coefficient (Wildman–Crippen LogP) is 0.494. The van der Waals surface area contributed by atoms with E-state index in [9.17, 15) is 15.0 Å². The van der Waals surface area contributed by atoms with Gasteiger partial charge in [0, 0.05) is 0 Å². The van der Waals surface area contributed by atoms with Crippen molar-refractivity contribution in [3.8, 4) is 0 Å². The molecule has 1 rings (SSSR count). The van der Waals surface area contributed by atoms with Crippen LogP contribution in [0.1, 0.15) is 28.7 Å². The molecule has 6 heteroatoms. The average Bonchev–Trinajstić information content (AvgIpc) is 2.28. The van der Waals surface area contributed by atoms with Crippen molar-refractivity contribution in [1.29, 1.82) is 0 Å². The highest BCUT2D eigenvalue weighted by Crippen LogP contribution is 2.17. The molecule has 0 radical (unpaired) electrons. The summed E-state index contributed by atoms with van der Waals surface area (Å²) in [6.45, 7) is 0. The lowest BCUT2D eigenvalue weighted by Crippen LogP contribution is -2.20. The summed E-state index contributed by atoms with van der Waals surface area (Å²) in [6, 6.07) is 4.27. The summed E-state index contributed by atoms with van der Waals surface area (Å²) >= 11 is 3.93. The van der Waals surface area contributed by atoms with Crippen LogP contribution in [0.4, 0.5) is 0 Å². The summed E-state index contributed by atoms with van der Waals surface area (Å²) < 4.78 is 0. The maximum absolute atomic E-state index is 10.7. The number of nitrogens with zero attached hydrogens (tertiary/aromatic N) is 1. The number of pyridine rings is 1. The molecule has 16 heavy (non-hydrogen) atoms. The maximum atomic E-state index is 10.7. The number of aliphatic hydroxyl groups excluding tert-OH is 2. The average molecular weight is 243 g/mol. The molecule has 1 heterocycles. The van der Waals surface area contributed by atoms with Gasteiger partial charge in [0.1, 0.15) is 11.8 Å². The van der Waals surface area contributed by atoms with Gasteiger partial charge >= 0.3 is 5.97 Å². The van der Waals surface area contributed by atoms with Gasteiger partial charge in [-0.05, 0) is 24.3 Å². The Morgan fingerprint density at radius 3 is 2.69 bits per heavy atom. The van der Waals surface area contributed by atoms with Crippen LogP contribution in [0, 0.1) is 0 Å². The van der Waals surface area contributed by atoms with Gasteiger partial charge in [0.15, 0.2) is 0 Å². The third-order valence-corrected chi connectivity index (χ3v) is 2.34. The number of carboxylic acids is 1. The molecule has 2 atom stereocenters. The first-order chi connectivity index (χ1) is 7.56. The molecule has 0 saturated heterocycles. The first-order valence-corrected chi connectivity index (χ1v) is 5.36. The number of carboxylic acid groups (broad SMARTS) is 1. The molecule has 0 aromatic carbocycles. The van der Waals surface area contributed by atoms with Crippen molar-refractivity contribution in [2.24, 2.45) is 0 Å². The van der Waals surface area contributed by atoms with Crippen molar-refractivity contribution in [2.75, 3.05) is 5.75 Å². The van der Waals surface area contributed by atoms with Crippen LogP contribution in [0.15, 0.2) is 18.2 Å². The summed E-state index contributed by atoms with van der Waals surface area (Å²) in [6.07, 6.45) is -1.87. The van der Waals surface area contributed by atoms with Gasteiger partial charge in [-0.2, -0.15) is 12.6 Å². The van der Waals surface area contributed by atoms with Crippen molar-refractivity contribution in [1.82, 2.24) is 4.98 Å². The zero-order valence-electron chi connectivity index (χ0n) is 8.45. The van der Waals surface area contributed by atoms with Crippen LogP contribution >= 0.6 is 12.6 Å². The van der Waals surface area contributed by atoms with Crippen LogP contribution < -0.4 is 0 Å². The Hall–Kier alpha value is -1.11. The molecule has 0 amide bonds. The minimum atomic E-state index is -1.19. The number of carbonyl (C=O) groups is 1. The Kier molecular flexibility index (Phi) is 4.72. The SMILES string of the molecule is O=C(O)c1cccc(C(O)C(O)CCS)n1.